The number of halogens is 3. The second kappa shape index (κ2) is 5.10. The van der Waals surface area contributed by atoms with Crippen LogP contribution in [0.2, 0.25) is 0 Å². The Morgan fingerprint density at radius 3 is 2.29 bits per heavy atom. The van der Waals surface area contributed by atoms with Crippen LogP contribution in [0.3, 0.4) is 0 Å². The SMILES string of the molecule is CC(C)(CN)C(=O)Nc1c(F)cc(Br)cc1F. The van der Waals surface area contributed by atoms with Gasteiger partial charge in [0, 0.05) is 11.0 Å². The highest BCUT2D eigenvalue weighted by molar-refractivity contribution is 9.10. The molecule has 0 aliphatic rings. The Kier molecular flexibility index (Phi) is 4.21. The summed E-state index contributed by atoms with van der Waals surface area (Å²) < 4.78 is 27.2. The van der Waals surface area contributed by atoms with Gasteiger partial charge in [-0.25, -0.2) is 8.78 Å². The topological polar surface area (TPSA) is 55.1 Å². The molecule has 0 aromatic heterocycles. The van der Waals surface area contributed by atoms with Gasteiger partial charge in [-0.15, -0.1) is 0 Å². The van der Waals surface area contributed by atoms with Crippen LogP contribution in [-0.2, 0) is 4.79 Å². The van der Waals surface area contributed by atoms with Crippen LogP contribution in [0.4, 0.5) is 14.5 Å². The lowest BCUT2D eigenvalue weighted by molar-refractivity contribution is -0.123. The number of amides is 1. The number of hydrogen-bond acceptors (Lipinski definition) is 2. The minimum absolute atomic E-state index is 0.0819. The number of benzene rings is 1. The van der Waals surface area contributed by atoms with Gasteiger partial charge in [-0.2, -0.15) is 0 Å². The molecule has 1 amide bonds. The molecule has 0 atom stereocenters. The zero-order valence-corrected chi connectivity index (χ0v) is 11.1. The van der Waals surface area contributed by atoms with Crippen LogP contribution in [-0.4, -0.2) is 12.5 Å². The summed E-state index contributed by atoms with van der Waals surface area (Å²) in [7, 11) is 0. The number of rotatable bonds is 3. The second-order valence-electron chi connectivity index (χ2n) is 4.29. The predicted octanol–water partition coefficient (Wildman–Crippen LogP) is 2.65. The van der Waals surface area contributed by atoms with Crippen molar-refractivity contribution in [3.63, 3.8) is 0 Å². The van der Waals surface area contributed by atoms with Gasteiger partial charge in [-0.1, -0.05) is 15.9 Å². The van der Waals surface area contributed by atoms with Gasteiger partial charge in [0.2, 0.25) is 5.91 Å². The van der Waals surface area contributed by atoms with Crippen molar-refractivity contribution in [2.24, 2.45) is 11.1 Å². The lowest BCUT2D eigenvalue weighted by Gasteiger charge is -2.21. The molecule has 0 radical (unpaired) electrons. The van der Waals surface area contributed by atoms with E-state index in [4.69, 9.17) is 5.73 Å². The molecule has 1 aromatic carbocycles. The Hall–Kier alpha value is -1.01. The Morgan fingerprint density at radius 1 is 1.41 bits per heavy atom. The molecular weight excluding hydrogens is 294 g/mol. The molecule has 0 saturated carbocycles. The van der Waals surface area contributed by atoms with Crippen molar-refractivity contribution in [1.29, 1.82) is 0 Å². The van der Waals surface area contributed by atoms with E-state index in [1.807, 2.05) is 0 Å². The molecule has 3 nitrogen and oxygen atoms in total. The number of anilines is 1. The van der Waals surface area contributed by atoms with Crippen LogP contribution in [0.15, 0.2) is 16.6 Å². The lowest BCUT2D eigenvalue weighted by Crippen LogP contribution is -2.37. The summed E-state index contributed by atoms with van der Waals surface area (Å²) in [5.41, 5.74) is 4.06. The summed E-state index contributed by atoms with van der Waals surface area (Å²) in [6, 6.07) is 2.16. The average molecular weight is 307 g/mol. The molecule has 6 heteroatoms. The highest BCUT2D eigenvalue weighted by Crippen LogP contribution is 2.25. The molecule has 0 aliphatic carbocycles. The van der Waals surface area contributed by atoms with Crippen molar-refractivity contribution < 1.29 is 13.6 Å². The van der Waals surface area contributed by atoms with E-state index in [0.717, 1.165) is 12.1 Å². The number of nitrogens with two attached hydrogens (primary N) is 1. The first-order valence-corrected chi connectivity index (χ1v) is 5.73. The van der Waals surface area contributed by atoms with Gasteiger partial charge in [0.1, 0.15) is 5.69 Å². The first-order chi connectivity index (χ1) is 7.77. The molecule has 3 N–H and O–H groups in total. The molecule has 1 rings (SSSR count). The fourth-order valence-corrected chi connectivity index (χ4v) is 1.44. The Labute approximate surface area is 107 Å². The van der Waals surface area contributed by atoms with Crippen molar-refractivity contribution in [1.82, 2.24) is 0 Å². The van der Waals surface area contributed by atoms with Crippen molar-refractivity contribution >= 4 is 27.5 Å². The summed E-state index contributed by atoms with van der Waals surface area (Å²) in [6.45, 7) is 3.27. The fourth-order valence-electron chi connectivity index (χ4n) is 1.04. The number of hydrogen-bond donors (Lipinski definition) is 2. The molecule has 0 fully saturated rings. The van der Waals surface area contributed by atoms with Crippen LogP contribution in [0.5, 0.6) is 0 Å². The van der Waals surface area contributed by atoms with E-state index in [0.29, 0.717) is 0 Å². The minimum Gasteiger partial charge on any atom is -0.329 e. The Morgan fingerprint density at radius 2 is 1.88 bits per heavy atom. The quantitative estimate of drug-likeness (QED) is 0.902. The highest BCUT2D eigenvalue weighted by atomic mass is 79.9. The Balaban J connectivity index is 3.01. The smallest absolute Gasteiger partial charge is 0.231 e. The van der Waals surface area contributed by atoms with Crippen molar-refractivity contribution in [2.75, 3.05) is 11.9 Å². The van der Waals surface area contributed by atoms with E-state index in [1.165, 1.54) is 0 Å². The van der Waals surface area contributed by atoms with Crippen molar-refractivity contribution in [2.45, 2.75) is 13.8 Å². The zero-order chi connectivity index (χ0) is 13.2. The summed E-state index contributed by atoms with van der Waals surface area (Å²) in [4.78, 5) is 11.7. The molecule has 94 valence electrons. The molecule has 0 heterocycles. The molecule has 0 saturated heterocycles. The van der Waals surface area contributed by atoms with Gasteiger partial charge in [0.15, 0.2) is 11.6 Å². The molecule has 0 spiro atoms. The third-order valence-electron chi connectivity index (χ3n) is 2.37. The summed E-state index contributed by atoms with van der Waals surface area (Å²) in [5.74, 6) is -2.20. The van der Waals surface area contributed by atoms with Gasteiger partial charge in [-0.05, 0) is 26.0 Å². The molecular formula is C11H13BrF2N2O. The minimum atomic E-state index is -0.883. The summed E-state index contributed by atoms with van der Waals surface area (Å²) in [6.07, 6.45) is 0. The van der Waals surface area contributed by atoms with Crippen LogP contribution in [0.1, 0.15) is 13.8 Å². The van der Waals surface area contributed by atoms with Gasteiger partial charge >= 0.3 is 0 Å². The maximum absolute atomic E-state index is 13.4. The average Bonchev–Trinajstić information content (AvgIpc) is 2.22. The van der Waals surface area contributed by atoms with E-state index in [1.54, 1.807) is 13.8 Å². The lowest BCUT2D eigenvalue weighted by atomic mass is 9.92. The van der Waals surface area contributed by atoms with E-state index in [9.17, 15) is 13.6 Å². The standard InChI is InChI=1S/C11H13BrF2N2O/c1-11(2,5-15)10(17)16-9-7(13)3-6(12)4-8(9)14/h3-4H,5,15H2,1-2H3,(H,16,17). The van der Waals surface area contributed by atoms with Gasteiger partial charge < -0.3 is 11.1 Å². The largest absolute Gasteiger partial charge is 0.329 e. The van der Waals surface area contributed by atoms with Crippen LogP contribution < -0.4 is 11.1 Å². The summed E-state index contributed by atoms with van der Waals surface area (Å²) >= 11 is 2.95. The predicted molar refractivity (Wildman–Crippen MR) is 65.5 cm³/mol. The van der Waals surface area contributed by atoms with E-state index < -0.39 is 28.6 Å². The highest BCUT2D eigenvalue weighted by Gasteiger charge is 2.27. The van der Waals surface area contributed by atoms with Crippen LogP contribution in [0, 0.1) is 17.0 Å². The van der Waals surface area contributed by atoms with Gasteiger partial charge in [0.05, 0.1) is 5.41 Å². The Bertz CT molecular complexity index is 426. The van der Waals surface area contributed by atoms with Crippen molar-refractivity contribution in [3.8, 4) is 0 Å². The first-order valence-electron chi connectivity index (χ1n) is 4.94. The van der Waals surface area contributed by atoms with Crippen LogP contribution in [0.25, 0.3) is 0 Å². The second-order valence-corrected chi connectivity index (χ2v) is 5.20. The molecule has 0 aliphatic heterocycles. The number of carbonyl (C=O) groups is 1. The number of nitrogens with one attached hydrogen (secondary N) is 1. The van der Waals surface area contributed by atoms with E-state index >= 15 is 0 Å². The summed E-state index contributed by atoms with van der Waals surface area (Å²) in [5, 5.41) is 2.21. The number of carbonyl (C=O) groups excluding carboxylic acids is 1. The normalized spacial score (nSPS) is 11.4. The van der Waals surface area contributed by atoms with Gasteiger partial charge in [0.25, 0.3) is 0 Å². The fraction of sp³-hybridized carbons (Fsp3) is 0.364. The maximum Gasteiger partial charge on any atom is 0.231 e. The third-order valence-corrected chi connectivity index (χ3v) is 2.83. The third kappa shape index (κ3) is 3.23. The molecule has 0 unspecified atom stereocenters. The van der Waals surface area contributed by atoms with E-state index in [-0.39, 0.29) is 11.0 Å². The van der Waals surface area contributed by atoms with Gasteiger partial charge in [-0.3, -0.25) is 4.79 Å². The van der Waals surface area contributed by atoms with E-state index in [2.05, 4.69) is 21.2 Å². The molecule has 1 aromatic rings. The monoisotopic (exact) mass is 306 g/mol. The first kappa shape index (κ1) is 14.1. The van der Waals surface area contributed by atoms with Crippen molar-refractivity contribution in [3.05, 3.63) is 28.2 Å². The maximum atomic E-state index is 13.4. The van der Waals surface area contributed by atoms with Crippen LogP contribution >= 0.6 is 15.9 Å². The molecule has 0 bridgehead atoms. The zero-order valence-electron chi connectivity index (χ0n) is 9.48. The molecule has 17 heavy (non-hydrogen) atoms.